The van der Waals surface area contributed by atoms with E-state index in [0.717, 1.165) is 5.56 Å². The molecule has 9 N–H and O–H groups in total. The number of hydrogen-bond acceptors (Lipinski definition) is 7. The standard InChI is InChI=1S/C23H31N7O6/c1-13(23(35)36)28-21(33)18(10-15-11-26-12-27-15)30-22(34)17(9-14-5-3-2-4-6-14)29-20(32)16(24)7-8-19(25)31/h2-6,11-13,16-18H,7-10,24H2,1H3,(H2,25,31)(H,26,27)(H,28,33)(H,29,32)(H,30,34)(H,35,36). The molecular weight excluding hydrogens is 470 g/mol. The molecule has 0 saturated carbocycles. The second-order valence-electron chi connectivity index (χ2n) is 8.27. The number of nitrogens with zero attached hydrogens (tertiary/aromatic N) is 1. The van der Waals surface area contributed by atoms with Gasteiger partial charge in [-0.15, -0.1) is 0 Å². The average Bonchev–Trinajstić information content (AvgIpc) is 3.35. The van der Waals surface area contributed by atoms with Crippen molar-refractivity contribution >= 4 is 29.6 Å². The topological polar surface area (TPSA) is 222 Å². The highest BCUT2D eigenvalue weighted by atomic mass is 16.4. The van der Waals surface area contributed by atoms with Crippen LogP contribution in [-0.4, -0.2) is 68.8 Å². The average molecular weight is 502 g/mol. The van der Waals surface area contributed by atoms with Crippen LogP contribution in [0.3, 0.4) is 0 Å². The molecule has 0 aliphatic carbocycles. The van der Waals surface area contributed by atoms with Gasteiger partial charge in [0.1, 0.15) is 18.1 Å². The zero-order valence-corrected chi connectivity index (χ0v) is 19.8. The Balaban J connectivity index is 2.21. The van der Waals surface area contributed by atoms with E-state index in [4.69, 9.17) is 16.6 Å². The maximum atomic E-state index is 13.3. The van der Waals surface area contributed by atoms with Crippen LogP contribution in [0, 0.1) is 0 Å². The van der Waals surface area contributed by atoms with Crippen LogP contribution in [-0.2, 0) is 36.8 Å². The highest BCUT2D eigenvalue weighted by molar-refractivity contribution is 5.94. The van der Waals surface area contributed by atoms with E-state index >= 15 is 0 Å². The molecule has 1 aromatic carbocycles. The van der Waals surface area contributed by atoms with Gasteiger partial charge < -0.3 is 37.5 Å². The quantitative estimate of drug-likeness (QED) is 0.158. The minimum atomic E-state index is -1.24. The number of carboxylic acids is 1. The van der Waals surface area contributed by atoms with E-state index in [9.17, 15) is 24.0 Å². The van der Waals surface area contributed by atoms with Gasteiger partial charge >= 0.3 is 5.97 Å². The van der Waals surface area contributed by atoms with E-state index in [1.54, 1.807) is 30.3 Å². The zero-order chi connectivity index (χ0) is 26.7. The molecule has 2 rings (SSSR count). The van der Waals surface area contributed by atoms with Gasteiger partial charge in [0, 0.05) is 31.2 Å². The van der Waals surface area contributed by atoms with Gasteiger partial charge in [0.15, 0.2) is 0 Å². The first kappa shape index (κ1) is 28.0. The number of carbonyl (C=O) groups is 5. The van der Waals surface area contributed by atoms with Crippen molar-refractivity contribution < 1.29 is 29.1 Å². The summed E-state index contributed by atoms with van der Waals surface area (Å²) in [5, 5.41) is 16.6. The number of hydrogen-bond donors (Lipinski definition) is 7. The molecule has 194 valence electrons. The Labute approximate surface area is 207 Å². The lowest BCUT2D eigenvalue weighted by atomic mass is 10.0. The van der Waals surface area contributed by atoms with Gasteiger partial charge in [-0.2, -0.15) is 0 Å². The van der Waals surface area contributed by atoms with Crippen molar-refractivity contribution in [3.05, 3.63) is 54.1 Å². The maximum absolute atomic E-state index is 13.3. The fourth-order valence-electron chi connectivity index (χ4n) is 3.24. The number of nitrogens with one attached hydrogen (secondary N) is 4. The van der Waals surface area contributed by atoms with Crippen LogP contribution in [0.4, 0.5) is 0 Å². The lowest BCUT2D eigenvalue weighted by Crippen LogP contribution is -2.58. The molecule has 0 saturated heterocycles. The van der Waals surface area contributed by atoms with E-state index in [2.05, 4.69) is 25.9 Å². The highest BCUT2D eigenvalue weighted by Crippen LogP contribution is 2.07. The van der Waals surface area contributed by atoms with Crippen molar-refractivity contribution in [2.45, 2.75) is 56.8 Å². The third-order valence-electron chi connectivity index (χ3n) is 5.30. The molecule has 0 bridgehead atoms. The minimum absolute atomic E-state index is 0.00122. The highest BCUT2D eigenvalue weighted by Gasteiger charge is 2.30. The largest absolute Gasteiger partial charge is 0.480 e. The first-order valence-corrected chi connectivity index (χ1v) is 11.3. The number of benzene rings is 1. The predicted octanol–water partition coefficient (Wildman–Crippen LogP) is -1.65. The molecule has 1 aromatic heterocycles. The molecule has 4 unspecified atom stereocenters. The number of H-pyrrole nitrogens is 1. The second-order valence-corrected chi connectivity index (χ2v) is 8.27. The summed E-state index contributed by atoms with van der Waals surface area (Å²) in [5.41, 5.74) is 12.2. The van der Waals surface area contributed by atoms with Crippen molar-refractivity contribution in [3.63, 3.8) is 0 Å². The number of carbonyl (C=O) groups excluding carboxylic acids is 4. The minimum Gasteiger partial charge on any atom is -0.480 e. The van der Waals surface area contributed by atoms with Crippen molar-refractivity contribution in [2.75, 3.05) is 0 Å². The normalized spacial score (nSPS) is 14.1. The third-order valence-corrected chi connectivity index (χ3v) is 5.30. The van der Waals surface area contributed by atoms with Crippen molar-refractivity contribution in [3.8, 4) is 0 Å². The summed E-state index contributed by atoms with van der Waals surface area (Å²) in [5.74, 6) is -3.93. The molecule has 4 atom stereocenters. The van der Waals surface area contributed by atoms with Crippen LogP contribution >= 0.6 is 0 Å². The van der Waals surface area contributed by atoms with Crippen LogP contribution < -0.4 is 27.4 Å². The number of aromatic nitrogens is 2. The van der Waals surface area contributed by atoms with Gasteiger partial charge in [0.05, 0.1) is 12.4 Å². The molecule has 0 radical (unpaired) electrons. The van der Waals surface area contributed by atoms with Crippen LogP contribution in [0.2, 0.25) is 0 Å². The van der Waals surface area contributed by atoms with Gasteiger partial charge in [0.2, 0.25) is 23.6 Å². The molecule has 36 heavy (non-hydrogen) atoms. The van der Waals surface area contributed by atoms with Crippen LogP contribution in [0.25, 0.3) is 0 Å². The molecule has 4 amide bonds. The lowest BCUT2D eigenvalue weighted by Gasteiger charge is -2.24. The monoisotopic (exact) mass is 501 g/mol. The number of rotatable bonds is 14. The smallest absolute Gasteiger partial charge is 0.325 e. The Morgan fingerprint density at radius 1 is 0.972 bits per heavy atom. The number of imidazole rings is 1. The Kier molecular flexibility index (Phi) is 10.6. The molecular formula is C23H31N7O6. The van der Waals surface area contributed by atoms with Crippen LogP contribution in [0.1, 0.15) is 31.0 Å². The van der Waals surface area contributed by atoms with Gasteiger partial charge in [-0.25, -0.2) is 4.98 Å². The number of amides is 4. The molecule has 2 aromatic rings. The number of primary amides is 1. The van der Waals surface area contributed by atoms with Crippen molar-refractivity contribution in [1.29, 1.82) is 0 Å². The summed E-state index contributed by atoms with van der Waals surface area (Å²) in [6.07, 6.45) is 2.85. The van der Waals surface area contributed by atoms with E-state index in [1.807, 2.05) is 0 Å². The Morgan fingerprint density at radius 3 is 2.17 bits per heavy atom. The summed E-state index contributed by atoms with van der Waals surface area (Å²) in [7, 11) is 0. The Hall–Kier alpha value is -4.26. The Bertz CT molecular complexity index is 1040. The van der Waals surface area contributed by atoms with Crippen LogP contribution in [0.5, 0.6) is 0 Å². The lowest BCUT2D eigenvalue weighted by molar-refractivity contribution is -0.141. The summed E-state index contributed by atoms with van der Waals surface area (Å²) < 4.78 is 0. The van der Waals surface area contributed by atoms with E-state index in [-0.39, 0.29) is 25.7 Å². The molecule has 0 fully saturated rings. The first-order chi connectivity index (χ1) is 17.1. The second kappa shape index (κ2) is 13.6. The molecule has 13 nitrogen and oxygen atoms in total. The number of aromatic amines is 1. The fraction of sp³-hybridized carbons (Fsp3) is 0.391. The summed E-state index contributed by atoms with van der Waals surface area (Å²) in [4.78, 5) is 67.6. The zero-order valence-electron chi connectivity index (χ0n) is 19.8. The summed E-state index contributed by atoms with van der Waals surface area (Å²) in [6.45, 7) is 1.29. The summed E-state index contributed by atoms with van der Waals surface area (Å²) in [6, 6.07) is 4.31. The predicted molar refractivity (Wildman–Crippen MR) is 128 cm³/mol. The first-order valence-electron chi connectivity index (χ1n) is 11.3. The van der Waals surface area contributed by atoms with Gasteiger partial charge in [-0.1, -0.05) is 30.3 Å². The molecule has 0 aliphatic heterocycles. The Morgan fingerprint density at radius 2 is 1.58 bits per heavy atom. The fourth-order valence-corrected chi connectivity index (χ4v) is 3.24. The third kappa shape index (κ3) is 9.18. The van der Waals surface area contributed by atoms with E-state index in [1.165, 1.54) is 19.4 Å². The van der Waals surface area contributed by atoms with Gasteiger partial charge in [-0.3, -0.25) is 24.0 Å². The number of nitrogens with two attached hydrogens (primary N) is 2. The SMILES string of the molecule is CC(NC(=O)C(Cc1cnc[nH]1)NC(=O)C(Cc1ccccc1)NC(=O)C(N)CCC(N)=O)C(=O)O. The molecule has 1 heterocycles. The van der Waals surface area contributed by atoms with Crippen molar-refractivity contribution in [1.82, 2.24) is 25.9 Å². The maximum Gasteiger partial charge on any atom is 0.325 e. The van der Waals surface area contributed by atoms with E-state index in [0.29, 0.717) is 5.69 Å². The molecule has 0 spiro atoms. The van der Waals surface area contributed by atoms with Gasteiger partial charge in [-0.05, 0) is 18.9 Å². The molecule has 13 heteroatoms. The van der Waals surface area contributed by atoms with Gasteiger partial charge in [0.25, 0.3) is 0 Å². The molecule has 0 aliphatic rings. The number of aliphatic carboxylic acids is 1. The van der Waals surface area contributed by atoms with Crippen molar-refractivity contribution in [2.24, 2.45) is 11.5 Å². The van der Waals surface area contributed by atoms with Crippen LogP contribution in [0.15, 0.2) is 42.9 Å². The summed E-state index contributed by atoms with van der Waals surface area (Å²) >= 11 is 0. The van der Waals surface area contributed by atoms with E-state index < -0.39 is 53.8 Å². The number of carboxylic acid groups (broad SMARTS) is 1.